The van der Waals surface area contributed by atoms with Crippen molar-refractivity contribution in [2.75, 3.05) is 6.54 Å². The number of hydrogen-bond donors (Lipinski definition) is 7. The molecule has 0 bridgehead atoms. The number of phenols is 1. The molecule has 11 heteroatoms. The van der Waals surface area contributed by atoms with E-state index in [0.717, 1.165) is 5.56 Å². The Morgan fingerprint density at radius 3 is 1.87 bits per heavy atom. The third-order valence-electron chi connectivity index (χ3n) is 5.90. The molecule has 206 valence electrons. The number of nitrogens with one attached hydrogen (secondary N) is 3. The van der Waals surface area contributed by atoms with Crippen molar-refractivity contribution < 1.29 is 29.4 Å². The lowest BCUT2D eigenvalue weighted by molar-refractivity contribution is -0.142. The fraction of sp³-hybridized carbons (Fsp3) is 0.407. The smallest absolute Gasteiger partial charge is 0.326 e. The molecule has 11 nitrogen and oxygen atoms in total. The minimum Gasteiger partial charge on any atom is -0.508 e. The number of carbonyl (C=O) groups is 4. The molecular weight excluding hydrogens is 490 g/mol. The third kappa shape index (κ3) is 10.2. The van der Waals surface area contributed by atoms with Crippen molar-refractivity contribution in [1.82, 2.24) is 16.0 Å². The molecule has 4 atom stereocenters. The van der Waals surface area contributed by atoms with Gasteiger partial charge in [-0.15, -0.1) is 0 Å². The van der Waals surface area contributed by atoms with Gasteiger partial charge < -0.3 is 37.6 Å². The maximum atomic E-state index is 13.3. The molecular formula is C27H37N5O6. The lowest BCUT2D eigenvalue weighted by Crippen LogP contribution is -2.57. The van der Waals surface area contributed by atoms with Crippen LogP contribution in [0.3, 0.4) is 0 Å². The predicted molar refractivity (Wildman–Crippen MR) is 142 cm³/mol. The Labute approximate surface area is 222 Å². The Morgan fingerprint density at radius 1 is 0.763 bits per heavy atom. The van der Waals surface area contributed by atoms with E-state index >= 15 is 0 Å². The molecule has 0 aliphatic heterocycles. The van der Waals surface area contributed by atoms with Gasteiger partial charge in [-0.1, -0.05) is 42.5 Å². The first-order valence-electron chi connectivity index (χ1n) is 12.5. The van der Waals surface area contributed by atoms with Gasteiger partial charge in [-0.3, -0.25) is 14.4 Å². The zero-order chi connectivity index (χ0) is 28.1. The zero-order valence-electron chi connectivity index (χ0n) is 21.4. The molecule has 0 fully saturated rings. The van der Waals surface area contributed by atoms with E-state index in [1.165, 1.54) is 19.1 Å². The summed E-state index contributed by atoms with van der Waals surface area (Å²) in [6.45, 7) is 1.89. The number of carboxylic acid groups (broad SMARTS) is 1. The molecule has 0 aliphatic carbocycles. The molecule has 0 spiro atoms. The monoisotopic (exact) mass is 527 g/mol. The molecule has 0 aliphatic rings. The summed E-state index contributed by atoms with van der Waals surface area (Å²) >= 11 is 0. The first-order chi connectivity index (χ1) is 18.1. The van der Waals surface area contributed by atoms with Gasteiger partial charge in [0.05, 0.1) is 6.04 Å². The highest BCUT2D eigenvalue weighted by molar-refractivity contribution is 5.94. The van der Waals surface area contributed by atoms with E-state index in [0.29, 0.717) is 24.9 Å². The van der Waals surface area contributed by atoms with E-state index in [4.69, 9.17) is 11.5 Å². The van der Waals surface area contributed by atoms with E-state index in [2.05, 4.69) is 16.0 Å². The van der Waals surface area contributed by atoms with Gasteiger partial charge in [0.1, 0.15) is 23.9 Å². The summed E-state index contributed by atoms with van der Waals surface area (Å²) in [5.74, 6) is -3.00. The Hall–Kier alpha value is -3.96. The topological polar surface area (TPSA) is 197 Å². The summed E-state index contributed by atoms with van der Waals surface area (Å²) in [6.07, 6.45) is 1.48. The number of hydrogen-bond acceptors (Lipinski definition) is 7. The van der Waals surface area contributed by atoms with Crippen LogP contribution in [0.25, 0.3) is 0 Å². The highest BCUT2D eigenvalue weighted by Gasteiger charge is 2.30. The molecule has 0 aromatic heterocycles. The van der Waals surface area contributed by atoms with Crippen LogP contribution in [0, 0.1) is 0 Å². The fourth-order valence-electron chi connectivity index (χ4n) is 3.74. The van der Waals surface area contributed by atoms with Gasteiger partial charge in [-0.2, -0.15) is 0 Å². The van der Waals surface area contributed by atoms with Crippen molar-refractivity contribution in [2.45, 2.75) is 63.2 Å². The van der Waals surface area contributed by atoms with E-state index in [-0.39, 0.29) is 25.0 Å². The molecule has 2 rings (SSSR count). The van der Waals surface area contributed by atoms with Crippen molar-refractivity contribution in [2.24, 2.45) is 11.5 Å². The minimum atomic E-state index is -1.26. The summed E-state index contributed by atoms with van der Waals surface area (Å²) in [4.78, 5) is 50.6. The van der Waals surface area contributed by atoms with Gasteiger partial charge in [0.25, 0.3) is 0 Å². The second-order valence-corrected chi connectivity index (χ2v) is 9.16. The molecule has 0 heterocycles. The van der Waals surface area contributed by atoms with Gasteiger partial charge in [0, 0.05) is 12.8 Å². The van der Waals surface area contributed by atoms with Gasteiger partial charge in [0.2, 0.25) is 17.7 Å². The van der Waals surface area contributed by atoms with Crippen molar-refractivity contribution in [3.05, 3.63) is 65.7 Å². The van der Waals surface area contributed by atoms with Crippen LogP contribution in [0.5, 0.6) is 5.75 Å². The molecule has 9 N–H and O–H groups in total. The first kappa shape index (κ1) is 30.3. The van der Waals surface area contributed by atoms with Crippen LogP contribution in [0.4, 0.5) is 0 Å². The zero-order valence-corrected chi connectivity index (χ0v) is 21.4. The maximum Gasteiger partial charge on any atom is 0.326 e. The van der Waals surface area contributed by atoms with Gasteiger partial charge in [-0.25, -0.2) is 4.79 Å². The number of rotatable bonds is 15. The number of benzene rings is 2. The third-order valence-corrected chi connectivity index (χ3v) is 5.90. The van der Waals surface area contributed by atoms with E-state index < -0.39 is 47.9 Å². The maximum absolute atomic E-state index is 13.3. The molecule has 0 radical (unpaired) electrons. The molecule has 3 amide bonds. The molecule has 2 aromatic rings. The largest absolute Gasteiger partial charge is 0.508 e. The molecule has 4 unspecified atom stereocenters. The highest BCUT2D eigenvalue weighted by Crippen LogP contribution is 2.12. The van der Waals surface area contributed by atoms with Gasteiger partial charge in [0.15, 0.2) is 0 Å². The average Bonchev–Trinajstić information content (AvgIpc) is 2.88. The summed E-state index contributed by atoms with van der Waals surface area (Å²) < 4.78 is 0. The van der Waals surface area contributed by atoms with Crippen LogP contribution < -0.4 is 27.4 Å². The number of aliphatic carboxylic acids is 1. The van der Waals surface area contributed by atoms with Gasteiger partial charge >= 0.3 is 5.97 Å². The van der Waals surface area contributed by atoms with E-state index in [9.17, 15) is 29.4 Å². The van der Waals surface area contributed by atoms with Gasteiger partial charge in [-0.05, 0) is 56.0 Å². The normalized spacial score (nSPS) is 14.0. The fourth-order valence-corrected chi connectivity index (χ4v) is 3.74. The number of nitrogens with two attached hydrogens (primary N) is 2. The number of carbonyl (C=O) groups excluding carboxylic acids is 3. The van der Waals surface area contributed by atoms with Crippen molar-refractivity contribution in [3.8, 4) is 5.75 Å². The number of amides is 3. The van der Waals surface area contributed by atoms with Crippen LogP contribution in [0.15, 0.2) is 54.6 Å². The number of carboxylic acids is 1. The highest BCUT2D eigenvalue weighted by atomic mass is 16.4. The quantitative estimate of drug-likeness (QED) is 0.159. The standard InChI is InChI=1S/C27H37N5O6/c1-17(29)24(34)31-22(15-18-7-3-2-4-8-18)26(36)30-21(9-5-6-14-28)25(35)32-23(27(37)38)16-19-10-12-20(33)13-11-19/h2-4,7-8,10-13,17,21-23,33H,5-6,9,14-16,28-29H2,1H3,(H,30,36)(H,31,34)(H,32,35)(H,37,38). The molecule has 0 saturated carbocycles. The van der Waals surface area contributed by atoms with Crippen LogP contribution in [-0.4, -0.2) is 64.6 Å². The van der Waals surface area contributed by atoms with Crippen LogP contribution in [0.1, 0.15) is 37.3 Å². The Kier molecular flexibility index (Phi) is 12.2. The Balaban J connectivity index is 2.19. The Bertz CT molecular complexity index is 1060. The van der Waals surface area contributed by atoms with Crippen LogP contribution in [-0.2, 0) is 32.0 Å². The summed E-state index contributed by atoms with van der Waals surface area (Å²) in [5, 5.41) is 27.0. The van der Waals surface area contributed by atoms with E-state index in [1.54, 1.807) is 24.3 Å². The lowest BCUT2D eigenvalue weighted by Gasteiger charge is -2.25. The van der Waals surface area contributed by atoms with Crippen molar-refractivity contribution >= 4 is 23.7 Å². The summed E-state index contributed by atoms with van der Waals surface area (Å²) in [6, 6.07) is 10.9. The minimum absolute atomic E-state index is 0.0219. The summed E-state index contributed by atoms with van der Waals surface area (Å²) in [5.41, 5.74) is 12.6. The van der Waals surface area contributed by atoms with Crippen LogP contribution in [0.2, 0.25) is 0 Å². The van der Waals surface area contributed by atoms with Crippen molar-refractivity contribution in [1.29, 1.82) is 0 Å². The van der Waals surface area contributed by atoms with Crippen molar-refractivity contribution in [3.63, 3.8) is 0 Å². The van der Waals surface area contributed by atoms with E-state index in [1.807, 2.05) is 18.2 Å². The predicted octanol–water partition coefficient (Wildman–Crippen LogP) is 0.193. The lowest BCUT2D eigenvalue weighted by atomic mass is 10.0. The second-order valence-electron chi connectivity index (χ2n) is 9.16. The van der Waals surface area contributed by atoms with Crippen LogP contribution >= 0.6 is 0 Å². The SMILES string of the molecule is CC(N)C(=O)NC(Cc1ccccc1)C(=O)NC(CCCCN)C(=O)NC(Cc1ccc(O)cc1)C(=O)O. The Morgan fingerprint density at radius 2 is 1.29 bits per heavy atom. The molecule has 0 saturated heterocycles. The second kappa shape index (κ2) is 15.3. The number of unbranched alkanes of at least 4 members (excludes halogenated alkanes) is 1. The summed E-state index contributed by atoms with van der Waals surface area (Å²) in [7, 11) is 0. The molecule has 38 heavy (non-hydrogen) atoms. The molecule has 2 aromatic carbocycles. The first-order valence-corrected chi connectivity index (χ1v) is 12.5. The average molecular weight is 528 g/mol. The number of phenolic OH excluding ortho intramolecular Hbond substituents is 1. The number of aromatic hydroxyl groups is 1.